The molecule has 0 bridgehead atoms. The molecule has 2 aromatic carbocycles. The van der Waals surface area contributed by atoms with E-state index >= 15 is 0 Å². The zero-order valence-corrected chi connectivity index (χ0v) is 16.5. The summed E-state index contributed by atoms with van der Waals surface area (Å²) in [6, 6.07) is 15.6. The van der Waals surface area contributed by atoms with Crippen molar-refractivity contribution >= 4 is 23.2 Å². The van der Waals surface area contributed by atoms with Gasteiger partial charge in [-0.05, 0) is 67.4 Å². The molecule has 0 aliphatic carbocycles. The summed E-state index contributed by atoms with van der Waals surface area (Å²) in [5.41, 5.74) is 2.59. The number of amides is 2. The number of furan rings is 1. The molecule has 3 aromatic rings. The van der Waals surface area contributed by atoms with Crippen LogP contribution < -0.4 is 15.4 Å². The largest absolute Gasteiger partial charge is 0.494 e. The highest BCUT2D eigenvalue weighted by atomic mass is 16.5. The van der Waals surface area contributed by atoms with Crippen molar-refractivity contribution in [1.29, 1.82) is 0 Å². The van der Waals surface area contributed by atoms with Gasteiger partial charge in [-0.15, -0.1) is 0 Å². The highest BCUT2D eigenvalue weighted by molar-refractivity contribution is 6.06. The fourth-order valence-corrected chi connectivity index (χ4v) is 2.67. The van der Waals surface area contributed by atoms with Gasteiger partial charge in [0.05, 0.1) is 12.9 Å². The molecule has 29 heavy (non-hydrogen) atoms. The van der Waals surface area contributed by atoms with Crippen LogP contribution in [0.15, 0.2) is 65.3 Å². The Labute approximate surface area is 169 Å². The van der Waals surface area contributed by atoms with Gasteiger partial charge < -0.3 is 19.8 Å². The van der Waals surface area contributed by atoms with E-state index in [1.54, 1.807) is 48.5 Å². The van der Waals surface area contributed by atoms with Crippen molar-refractivity contribution in [3.8, 4) is 5.75 Å². The quantitative estimate of drug-likeness (QED) is 0.512. The fourth-order valence-electron chi connectivity index (χ4n) is 2.67. The Balaban J connectivity index is 1.65. The van der Waals surface area contributed by atoms with Crippen LogP contribution in [0.3, 0.4) is 0 Å². The number of ether oxygens (including phenoxy) is 1. The highest BCUT2D eigenvalue weighted by Crippen LogP contribution is 2.22. The molecule has 0 atom stereocenters. The van der Waals surface area contributed by atoms with Gasteiger partial charge in [0.1, 0.15) is 5.75 Å². The molecule has 1 heterocycles. The Morgan fingerprint density at radius 3 is 2.48 bits per heavy atom. The zero-order valence-electron chi connectivity index (χ0n) is 16.5. The van der Waals surface area contributed by atoms with Crippen LogP contribution in [0.5, 0.6) is 5.75 Å². The minimum atomic E-state index is -0.352. The maximum absolute atomic E-state index is 12.6. The van der Waals surface area contributed by atoms with E-state index in [0.29, 0.717) is 23.5 Å². The van der Waals surface area contributed by atoms with Gasteiger partial charge in [-0.3, -0.25) is 9.59 Å². The van der Waals surface area contributed by atoms with E-state index in [0.717, 1.165) is 24.2 Å². The molecule has 1 aromatic heterocycles. The van der Waals surface area contributed by atoms with Crippen LogP contribution >= 0.6 is 0 Å². The van der Waals surface area contributed by atoms with E-state index in [1.807, 2.05) is 13.0 Å². The van der Waals surface area contributed by atoms with E-state index in [2.05, 4.69) is 17.6 Å². The number of rotatable bonds is 8. The average Bonchev–Trinajstić information content (AvgIpc) is 3.26. The van der Waals surface area contributed by atoms with Crippen molar-refractivity contribution in [2.45, 2.75) is 26.7 Å². The SMILES string of the molecule is CCCCOc1ccc(C(=O)Nc2cc(NC(=O)c3ccco3)ccc2C)cc1. The Kier molecular flexibility index (Phi) is 6.68. The van der Waals surface area contributed by atoms with Gasteiger partial charge in [-0.1, -0.05) is 19.4 Å². The summed E-state index contributed by atoms with van der Waals surface area (Å²) in [7, 11) is 0. The van der Waals surface area contributed by atoms with Crippen LogP contribution in [0.2, 0.25) is 0 Å². The number of hydrogen-bond acceptors (Lipinski definition) is 4. The predicted molar refractivity (Wildman–Crippen MR) is 113 cm³/mol. The van der Waals surface area contributed by atoms with E-state index in [1.165, 1.54) is 6.26 Å². The molecule has 150 valence electrons. The zero-order chi connectivity index (χ0) is 20.6. The lowest BCUT2D eigenvalue weighted by atomic mass is 10.1. The Morgan fingerprint density at radius 2 is 1.79 bits per heavy atom. The van der Waals surface area contributed by atoms with Crippen LogP contribution in [-0.4, -0.2) is 18.4 Å². The molecule has 0 unspecified atom stereocenters. The molecule has 3 rings (SSSR count). The highest BCUT2D eigenvalue weighted by Gasteiger charge is 2.12. The van der Waals surface area contributed by atoms with Crippen LogP contribution in [0, 0.1) is 6.92 Å². The van der Waals surface area contributed by atoms with Gasteiger partial charge in [0, 0.05) is 16.9 Å². The molecule has 6 nitrogen and oxygen atoms in total. The number of anilines is 2. The molecule has 0 saturated carbocycles. The number of aryl methyl sites for hydroxylation is 1. The first-order chi connectivity index (χ1) is 14.1. The topological polar surface area (TPSA) is 80.6 Å². The summed E-state index contributed by atoms with van der Waals surface area (Å²) >= 11 is 0. The first-order valence-electron chi connectivity index (χ1n) is 9.56. The summed E-state index contributed by atoms with van der Waals surface area (Å²) in [4.78, 5) is 24.7. The number of carbonyl (C=O) groups is 2. The molecule has 0 aliphatic rings. The minimum absolute atomic E-state index is 0.220. The molecule has 2 amide bonds. The smallest absolute Gasteiger partial charge is 0.291 e. The van der Waals surface area contributed by atoms with Crippen molar-refractivity contribution in [3.05, 3.63) is 77.7 Å². The van der Waals surface area contributed by atoms with Crippen molar-refractivity contribution in [3.63, 3.8) is 0 Å². The van der Waals surface area contributed by atoms with Gasteiger partial charge in [0.25, 0.3) is 11.8 Å². The van der Waals surface area contributed by atoms with Gasteiger partial charge in [0.15, 0.2) is 5.76 Å². The van der Waals surface area contributed by atoms with Crippen LogP contribution in [0.4, 0.5) is 11.4 Å². The van der Waals surface area contributed by atoms with E-state index < -0.39 is 0 Å². The van der Waals surface area contributed by atoms with Gasteiger partial charge in [0.2, 0.25) is 0 Å². The second-order valence-electron chi connectivity index (χ2n) is 6.64. The number of nitrogens with one attached hydrogen (secondary N) is 2. The summed E-state index contributed by atoms with van der Waals surface area (Å²) < 4.78 is 10.7. The summed E-state index contributed by atoms with van der Waals surface area (Å²) in [5, 5.41) is 5.65. The molecule has 0 saturated heterocycles. The number of unbranched alkanes of at least 4 members (excludes halogenated alkanes) is 1. The molecule has 6 heteroatoms. The molecule has 0 fully saturated rings. The summed E-state index contributed by atoms with van der Waals surface area (Å²) in [6.45, 7) is 4.66. The Hall–Kier alpha value is -3.54. The van der Waals surface area contributed by atoms with Crippen molar-refractivity contribution < 1.29 is 18.7 Å². The molecular weight excluding hydrogens is 368 g/mol. The second-order valence-corrected chi connectivity index (χ2v) is 6.64. The van der Waals surface area contributed by atoms with Gasteiger partial charge in [-0.2, -0.15) is 0 Å². The third kappa shape index (κ3) is 5.48. The standard InChI is InChI=1S/C23H24N2O4/c1-3-4-13-28-19-11-8-17(9-12-19)22(26)25-20-15-18(10-7-16(20)2)24-23(27)21-6-5-14-29-21/h5-12,14-15H,3-4,13H2,1-2H3,(H,24,27)(H,25,26). The molecule has 2 N–H and O–H groups in total. The van der Waals surface area contributed by atoms with Gasteiger partial charge >= 0.3 is 0 Å². The fraction of sp³-hybridized carbons (Fsp3) is 0.217. The van der Waals surface area contributed by atoms with Gasteiger partial charge in [-0.25, -0.2) is 0 Å². The van der Waals surface area contributed by atoms with Crippen molar-refractivity contribution in [2.75, 3.05) is 17.2 Å². The summed E-state index contributed by atoms with van der Waals surface area (Å²) in [5.74, 6) is 0.378. The molecule has 0 aliphatic heterocycles. The second kappa shape index (κ2) is 9.59. The molecule has 0 radical (unpaired) electrons. The lowest BCUT2D eigenvalue weighted by Crippen LogP contribution is -2.14. The first-order valence-corrected chi connectivity index (χ1v) is 9.56. The summed E-state index contributed by atoms with van der Waals surface area (Å²) in [6.07, 6.45) is 3.50. The van der Waals surface area contributed by atoms with Crippen molar-refractivity contribution in [2.24, 2.45) is 0 Å². The van der Waals surface area contributed by atoms with Crippen LogP contribution in [0.1, 0.15) is 46.2 Å². The number of carbonyl (C=O) groups excluding carboxylic acids is 2. The predicted octanol–water partition coefficient (Wildman–Crippen LogP) is 5.27. The maximum atomic E-state index is 12.6. The molecule has 0 spiro atoms. The third-order valence-electron chi connectivity index (χ3n) is 4.37. The lowest BCUT2D eigenvalue weighted by molar-refractivity contribution is 0.0995. The first kappa shape index (κ1) is 20.2. The van der Waals surface area contributed by atoms with Crippen molar-refractivity contribution in [1.82, 2.24) is 0 Å². The monoisotopic (exact) mass is 392 g/mol. The molecular formula is C23H24N2O4. The van der Waals surface area contributed by atoms with E-state index in [9.17, 15) is 9.59 Å². The average molecular weight is 392 g/mol. The van der Waals surface area contributed by atoms with Crippen LogP contribution in [0.25, 0.3) is 0 Å². The van der Waals surface area contributed by atoms with E-state index in [-0.39, 0.29) is 17.6 Å². The van der Waals surface area contributed by atoms with E-state index in [4.69, 9.17) is 9.15 Å². The van der Waals surface area contributed by atoms with Crippen LogP contribution in [-0.2, 0) is 0 Å². The normalized spacial score (nSPS) is 10.4. The third-order valence-corrected chi connectivity index (χ3v) is 4.37. The lowest BCUT2D eigenvalue weighted by Gasteiger charge is -2.12. The Morgan fingerprint density at radius 1 is 1.00 bits per heavy atom. The number of benzene rings is 2. The maximum Gasteiger partial charge on any atom is 0.291 e. The number of hydrogen-bond donors (Lipinski definition) is 2. The Bertz CT molecular complexity index is 963. The minimum Gasteiger partial charge on any atom is -0.494 e.